The molecular formula is C29H30BrN3O8. The Kier molecular flexibility index (Phi) is 11.5. The Bertz CT molecular complexity index is 1400. The molecule has 0 heterocycles. The van der Waals surface area contributed by atoms with E-state index in [4.69, 9.17) is 23.7 Å². The molecule has 41 heavy (non-hydrogen) atoms. The van der Waals surface area contributed by atoms with Crippen LogP contribution in [0.4, 0.5) is 0 Å². The van der Waals surface area contributed by atoms with Crippen LogP contribution in [0.1, 0.15) is 39.6 Å². The molecule has 11 nitrogen and oxygen atoms in total. The lowest BCUT2D eigenvalue weighted by atomic mass is 10.1. The number of carbonyl (C=O) groups excluding carboxylic acids is 3. The van der Waals surface area contributed by atoms with Gasteiger partial charge in [-0.3, -0.25) is 9.59 Å². The molecule has 0 bridgehead atoms. The number of rotatable bonds is 13. The first-order valence-electron chi connectivity index (χ1n) is 12.4. The van der Waals surface area contributed by atoms with E-state index in [2.05, 4.69) is 31.8 Å². The summed E-state index contributed by atoms with van der Waals surface area (Å²) in [6.45, 7) is 2.25. The smallest absolute Gasteiger partial charge is 0.343 e. The van der Waals surface area contributed by atoms with Crippen molar-refractivity contribution in [3.05, 3.63) is 75.8 Å². The van der Waals surface area contributed by atoms with Crippen molar-refractivity contribution in [2.45, 2.75) is 13.3 Å². The normalized spacial score (nSPS) is 10.6. The summed E-state index contributed by atoms with van der Waals surface area (Å²) in [5.41, 5.74) is 3.67. The van der Waals surface area contributed by atoms with Crippen molar-refractivity contribution in [1.82, 2.24) is 10.7 Å². The molecule has 12 heteroatoms. The van der Waals surface area contributed by atoms with Crippen LogP contribution >= 0.6 is 15.9 Å². The van der Waals surface area contributed by atoms with Gasteiger partial charge in [0.2, 0.25) is 11.7 Å². The maximum absolute atomic E-state index is 12.9. The van der Waals surface area contributed by atoms with Gasteiger partial charge in [-0.05, 0) is 70.9 Å². The van der Waals surface area contributed by atoms with E-state index >= 15 is 0 Å². The second-order valence-electron chi connectivity index (χ2n) is 8.22. The number of carbonyl (C=O) groups is 3. The van der Waals surface area contributed by atoms with E-state index < -0.39 is 5.97 Å². The first-order chi connectivity index (χ1) is 19.8. The number of halogens is 1. The molecule has 0 aliphatic heterocycles. The molecule has 0 aromatic heterocycles. The van der Waals surface area contributed by atoms with Crippen LogP contribution in [-0.2, 0) is 4.79 Å². The third kappa shape index (κ3) is 8.45. The summed E-state index contributed by atoms with van der Waals surface area (Å²) in [5, 5.41) is 6.65. The summed E-state index contributed by atoms with van der Waals surface area (Å²) in [7, 11) is 4.37. The van der Waals surface area contributed by atoms with Crippen molar-refractivity contribution in [1.29, 1.82) is 0 Å². The molecule has 0 aliphatic carbocycles. The largest absolute Gasteiger partial charge is 0.493 e. The highest BCUT2D eigenvalue weighted by Crippen LogP contribution is 2.39. The van der Waals surface area contributed by atoms with E-state index in [0.717, 1.165) is 0 Å². The van der Waals surface area contributed by atoms with Gasteiger partial charge in [0, 0.05) is 17.4 Å². The third-order valence-corrected chi connectivity index (χ3v) is 6.22. The van der Waals surface area contributed by atoms with E-state index in [1.54, 1.807) is 43.3 Å². The fraction of sp³-hybridized carbons (Fsp3) is 0.241. The highest BCUT2D eigenvalue weighted by Gasteiger charge is 2.20. The minimum atomic E-state index is -0.661. The lowest BCUT2D eigenvalue weighted by Crippen LogP contribution is -2.29. The van der Waals surface area contributed by atoms with Crippen LogP contribution in [0, 0.1) is 0 Å². The number of benzene rings is 3. The van der Waals surface area contributed by atoms with Crippen molar-refractivity contribution in [3.63, 3.8) is 0 Å². The quantitative estimate of drug-likeness (QED) is 0.124. The second kappa shape index (κ2) is 15.3. The average molecular weight is 628 g/mol. The Labute approximate surface area is 245 Å². The third-order valence-electron chi connectivity index (χ3n) is 5.53. The first-order valence-corrected chi connectivity index (χ1v) is 13.2. The fourth-order valence-electron chi connectivity index (χ4n) is 3.58. The summed E-state index contributed by atoms with van der Waals surface area (Å²) in [5.74, 6) is 0.130. The van der Waals surface area contributed by atoms with E-state index in [9.17, 15) is 14.4 Å². The minimum Gasteiger partial charge on any atom is -0.493 e. The average Bonchev–Trinajstić information content (AvgIpc) is 2.97. The predicted molar refractivity (Wildman–Crippen MR) is 155 cm³/mol. The van der Waals surface area contributed by atoms with Crippen molar-refractivity contribution in [3.8, 4) is 28.7 Å². The number of hydrogen-bond donors (Lipinski definition) is 2. The molecule has 0 radical (unpaired) electrons. The molecule has 0 spiro atoms. The van der Waals surface area contributed by atoms with E-state index in [1.165, 1.54) is 39.7 Å². The number of nitrogens with zero attached hydrogens (tertiary/aromatic N) is 1. The Morgan fingerprint density at radius 3 is 2.24 bits per heavy atom. The van der Waals surface area contributed by atoms with E-state index in [1.807, 2.05) is 6.07 Å². The SMILES string of the molecule is CCOc1cc(C=NNC(=O)CCNC(=O)c2ccccc2Br)ccc1OC(=O)c1cc(OC)c(OC)c(OC)c1. The Hall–Kier alpha value is -4.58. The zero-order valence-electron chi connectivity index (χ0n) is 23.0. The second-order valence-corrected chi connectivity index (χ2v) is 9.08. The number of hydrazone groups is 1. The van der Waals surface area contributed by atoms with Crippen LogP contribution in [0.2, 0.25) is 0 Å². The van der Waals surface area contributed by atoms with Crippen LogP contribution in [0.5, 0.6) is 28.7 Å². The molecule has 2 amide bonds. The van der Waals surface area contributed by atoms with Gasteiger partial charge in [0.25, 0.3) is 5.91 Å². The maximum Gasteiger partial charge on any atom is 0.343 e. The molecular weight excluding hydrogens is 598 g/mol. The molecule has 0 atom stereocenters. The Morgan fingerprint density at radius 2 is 1.61 bits per heavy atom. The van der Waals surface area contributed by atoms with Crippen LogP contribution in [0.3, 0.4) is 0 Å². The van der Waals surface area contributed by atoms with Gasteiger partial charge in [0.1, 0.15) is 0 Å². The molecule has 0 fully saturated rings. The molecule has 3 aromatic carbocycles. The van der Waals surface area contributed by atoms with E-state index in [-0.39, 0.29) is 36.1 Å². The van der Waals surface area contributed by atoms with Gasteiger partial charge >= 0.3 is 5.97 Å². The molecule has 0 aliphatic rings. The van der Waals surface area contributed by atoms with Gasteiger partial charge in [-0.25, -0.2) is 10.2 Å². The zero-order valence-corrected chi connectivity index (χ0v) is 24.6. The summed E-state index contributed by atoms with van der Waals surface area (Å²) >= 11 is 3.32. The standard InChI is InChI=1S/C29H30BrN3O8/c1-5-40-23-14-18(17-32-33-26(34)12-13-31-28(35)20-8-6-7-9-21(20)30)10-11-22(23)41-29(36)19-15-24(37-2)27(39-4)25(16-19)38-3/h6-11,14-17H,5,12-13H2,1-4H3,(H,31,35)(H,33,34). The number of ether oxygens (including phenoxy) is 5. The van der Waals surface area contributed by atoms with Crippen molar-refractivity contribution < 1.29 is 38.1 Å². The minimum absolute atomic E-state index is 0.0353. The molecule has 216 valence electrons. The van der Waals surface area contributed by atoms with Crippen LogP contribution < -0.4 is 34.4 Å². The summed E-state index contributed by atoms with van der Waals surface area (Å²) in [4.78, 5) is 37.3. The molecule has 0 saturated heterocycles. The van der Waals surface area contributed by atoms with Gasteiger partial charge in [-0.2, -0.15) is 5.10 Å². The topological polar surface area (TPSA) is 134 Å². The number of amides is 2. The molecule has 0 saturated carbocycles. The van der Waals surface area contributed by atoms with Crippen molar-refractivity contribution in [2.24, 2.45) is 5.10 Å². The van der Waals surface area contributed by atoms with Crippen molar-refractivity contribution >= 4 is 39.9 Å². The molecule has 2 N–H and O–H groups in total. The Balaban J connectivity index is 1.61. The van der Waals surface area contributed by atoms with Gasteiger partial charge in [-0.1, -0.05) is 12.1 Å². The summed E-state index contributed by atoms with van der Waals surface area (Å²) in [6.07, 6.45) is 1.46. The number of esters is 1. The fourth-order valence-corrected chi connectivity index (χ4v) is 4.04. The van der Waals surface area contributed by atoms with Gasteiger partial charge in [-0.15, -0.1) is 0 Å². The summed E-state index contributed by atoms with van der Waals surface area (Å²) in [6, 6.07) is 14.8. The summed E-state index contributed by atoms with van der Waals surface area (Å²) < 4.78 is 27.8. The van der Waals surface area contributed by atoms with Crippen LogP contribution in [-0.4, -0.2) is 58.5 Å². The van der Waals surface area contributed by atoms with Crippen molar-refractivity contribution in [2.75, 3.05) is 34.5 Å². The molecule has 0 unspecified atom stereocenters. The maximum atomic E-state index is 12.9. The van der Waals surface area contributed by atoms with Crippen LogP contribution in [0.15, 0.2) is 64.2 Å². The highest BCUT2D eigenvalue weighted by atomic mass is 79.9. The van der Waals surface area contributed by atoms with Crippen LogP contribution in [0.25, 0.3) is 0 Å². The van der Waals surface area contributed by atoms with Gasteiger partial charge in [0.05, 0.1) is 45.3 Å². The molecule has 3 rings (SSSR count). The molecule has 3 aromatic rings. The number of methoxy groups -OCH3 is 3. The lowest BCUT2D eigenvalue weighted by Gasteiger charge is -2.15. The van der Waals surface area contributed by atoms with E-state index in [0.29, 0.717) is 45.2 Å². The lowest BCUT2D eigenvalue weighted by molar-refractivity contribution is -0.120. The van der Waals surface area contributed by atoms with Gasteiger partial charge < -0.3 is 29.0 Å². The highest BCUT2D eigenvalue weighted by molar-refractivity contribution is 9.10. The van der Waals surface area contributed by atoms with Gasteiger partial charge in [0.15, 0.2) is 23.0 Å². The monoisotopic (exact) mass is 627 g/mol. The Morgan fingerprint density at radius 1 is 0.902 bits per heavy atom. The number of nitrogens with one attached hydrogen (secondary N) is 2. The zero-order chi connectivity index (χ0) is 29.8. The predicted octanol–water partition coefficient (Wildman–Crippen LogP) is 4.36. The first kappa shape index (κ1) is 31.0. The number of hydrogen-bond acceptors (Lipinski definition) is 9.